The Morgan fingerprint density at radius 2 is 1.70 bits per heavy atom. The van der Waals surface area contributed by atoms with E-state index in [0.29, 0.717) is 32.5 Å². The van der Waals surface area contributed by atoms with Crippen LogP contribution in [0.2, 0.25) is 0 Å². The molecular formula is C35H41N5O2S. The SMILES string of the molecule is CCC(C(=O)N1CCN(C(=O)CCCSc2nnc(Cc3ccccc3)n2-c2cccc(C)c2)CC1C)c1ccccc1. The summed E-state index contributed by atoms with van der Waals surface area (Å²) in [6.07, 6.45) is 2.68. The molecule has 2 heterocycles. The first kappa shape index (κ1) is 30.5. The van der Waals surface area contributed by atoms with Gasteiger partial charge in [-0.25, -0.2) is 0 Å². The van der Waals surface area contributed by atoms with Crippen LogP contribution in [0.25, 0.3) is 5.69 Å². The van der Waals surface area contributed by atoms with Crippen molar-refractivity contribution in [1.82, 2.24) is 24.6 Å². The zero-order chi connectivity index (χ0) is 30.2. The Labute approximate surface area is 259 Å². The summed E-state index contributed by atoms with van der Waals surface area (Å²) >= 11 is 1.64. The Balaban J connectivity index is 1.16. The summed E-state index contributed by atoms with van der Waals surface area (Å²) < 4.78 is 2.14. The summed E-state index contributed by atoms with van der Waals surface area (Å²) in [5.74, 6) is 1.84. The smallest absolute Gasteiger partial charge is 0.230 e. The number of amides is 2. The highest BCUT2D eigenvalue weighted by molar-refractivity contribution is 7.99. The minimum atomic E-state index is -0.141. The second-order valence-electron chi connectivity index (χ2n) is 11.3. The molecule has 1 aliphatic rings. The fourth-order valence-corrected chi connectivity index (χ4v) is 6.72. The second kappa shape index (κ2) is 14.5. The number of hydrogen-bond donors (Lipinski definition) is 0. The highest BCUT2D eigenvalue weighted by Crippen LogP contribution is 2.27. The number of piperazine rings is 1. The molecule has 43 heavy (non-hydrogen) atoms. The van der Waals surface area contributed by atoms with Gasteiger partial charge in [-0.1, -0.05) is 91.5 Å². The Morgan fingerprint density at radius 3 is 2.40 bits per heavy atom. The third kappa shape index (κ3) is 7.54. The minimum absolute atomic E-state index is 0.00625. The lowest BCUT2D eigenvalue weighted by molar-refractivity contribution is -0.143. The van der Waals surface area contributed by atoms with E-state index in [2.05, 4.69) is 71.9 Å². The first-order valence-electron chi connectivity index (χ1n) is 15.3. The molecule has 0 aliphatic carbocycles. The normalized spacial score (nSPS) is 15.8. The number of nitrogens with zero attached hydrogens (tertiary/aromatic N) is 5. The van der Waals surface area contributed by atoms with E-state index in [1.54, 1.807) is 11.8 Å². The van der Waals surface area contributed by atoms with Crippen LogP contribution in [-0.4, -0.2) is 67.8 Å². The molecule has 1 aromatic heterocycles. The van der Waals surface area contributed by atoms with Crippen molar-refractivity contribution in [2.45, 2.75) is 63.6 Å². The van der Waals surface area contributed by atoms with Crippen LogP contribution in [0.4, 0.5) is 0 Å². The van der Waals surface area contributed by atoms with Crippen molar-refractivity contribution < 1.29 is 9.59 Å². The largest absolute Gasteiger partial charge is 0.339 e. The molecule has 3 aromatic carbocycles. The van der Waals surface area contributed by atoms with Gasteiger partial charge in [-0.2, -0.15) is 0 Å². The summed E-state index contributed by atoms with van der Waals surface area (Å²) in [6.45, 7) is 7.94. The number of aryl methyl sites for hydroxylation is 1. The molecule has 2 amide bonds. The molecule has 0 bridgehead atoms. The average Bonchev–Trinajstić information content (AvgIpc) is 3.42. The van der Waals surface area contributed by atoms with E-state index in [1.807, 2.05) is 58.3 Å². The van der Waals surface area contributed by atoms with Crippen molar-refractivity contribution in [2.24, 2.45) is 0 Å². The van der Waals surface area contributed by atoms with Gasteiger partial charge in [0, 0.05) is 50.0 Å². The van der Waals surface area contributed by atoms with Crippen molar-refractivity contribution in [3.63, 3.8) is 0 Å². The van der Waals surface area contributed by atoms with Gasteiger partial charge >= 0.3 is 0 Å². The van der Waals surface area contributed by atoms with Crippen LogP contribution < -0.4 is 0 Å². The topological polar surface area (TPSA) is 71.3 Å². The van der Waals surface area contributed by atoms with Gasteiger partial charge in [-0.3, -0.25) is 14.2 Å². The van der Waals surface area contributed by atoms with Gasteiger partial charge in [-0.05, 0) is 55.5 Å². The number of thioether (sulfide) groups is 1. The highest BCUT2D eigenvalue weighted by Gasteiger charge is 2.33. The summed E-state index contributed by atoms with van der Waals surface area (Å²) in [7, 11) is 0. The van der Waals surface area contributed by atoms with Crippen molar-refractivity contribution in [3.05, 3.63) is 107 Å². The standard InChI is InChI=1S/C35H41N5O2S/c1-4-31(29-16-9-6-10-17-29)34(42)39-21-20-38(25-27(39)3)33(41)19-12-22-43-35-37-36-32(24-28-14-7-5-8-15-28)40(35)30-18-11-13-26(2)23-30/h5-11,13-18,23,27,31H,4,12,19-22,24-25H2,1-3H3. The molecule has 0 N–H and O–H groups in total. The van der Waals surface area contributed by atoms with E-state index < -0.39 is 0 Å². The Kier molecular flexibility index (Phi) is 10.3. The van der Waals surface area contributed by atoms with Crippen molar-refractivity contribution in [2.75, 3.05) is 25.4 Å². The Bertz CT molecular complexity index is 1510. The van der Waals surface area contributed by atoms with Crippen molar-refractivity contribution >= 4 is 23.6 Å². The van der Waals surface area contributed by atoms with Crippen LogP contribution >= 0.6 is 11.8 Å². The molecule has 224 valence electrons. The van der Waals surface area contributed by atoms with Crippen LogP contribution in [0.1, 0.15) is 61.5 Å². The van der Waals surface area contributed by atoms with E-state index in [4.69, 9.17) is 0 Å². The maximum Gasteiger partial charge on any atom is 0.230 e. The average molecular weight is 596 g/mol. The van der Waals surface area contributed by atoms with E-state index in [9.17, 15) is 9.59 Å². The lowest BCUT2D eigenvalue weighted by atomic mass is 9.94. The first-order chi connectivity index (χ1) is 20.9. The lowest BCUT2D eigenvalue weighted by Crippen LogP contribution is -2.56. The molecule has 2 atom stereocenters. The first-order valence-corrected chi connectivity index (χ1v) is 16.2. The molecule has 0 spiro atoms. The molecule has 1 aliphatic heterocycles. The summed E-state index contributed by atoms with van der Waals surface area (Å²) in [5.41, 5.74) is 4.48. The van der Waals surface area contributed by atoms with Gasteiger partial charge in [0.2, 0.25) is 11.8 Å². The van der Waals surface area contributed by atoms with Gasteiger partial charge in [0.1, 0.15) is 5.82 Å². The molecule has 5 rings (SSSR count). The molecule has 8 heteroatoms. The maximum absolute atomic E-state index is 13.4. The lowest BCUT2D eigenvalue weighted by Gasteiger charge is -2.41. The van der Waals surface area contributed by atoms with Gasteiger partial charge in [0.25, 0.3) is 0 Å². The minimum Gasteiger partial charge on any atom is -0.339 e. The second-order valence-corrected chi connectivity index (χ2v) is 12.3. The van der Waals surface area contributed by atoms with E-state index in [-0.39, 0.29) is 23.8 Å². The van der Waals surface area contributed by atoms with Crippen molar-refractivity contribution in [1.29, 1.82) is 0 Å². The number of aromatic nitrogens is 3. The zero-order valence-electron chi connectivity index (χ0n) is 25.4. The summed E-state index contributed by atoms with van der Waals surface area (Å²) in [4.78, 5) is 30.5. The summed E-state index contributed by atoms with van der Waals surface area (Å²) in [6, 6.07) is 28.7. The predicted molar refractivity (Wildman–Crippen MR) is 173 cm³/mol. The molecule has 7 nitrogen and oxygen atoms in total. The van der Waals surface area contributed by atoms with Gasteiger partial charge in [0.15, 0.2) is 5.16 Å². The van der Waals surface area contributed by atoms with Gasteiger partial charge < -0.3 is 9.80 Å². The molecular weight excluding hydrogens is 554 g/mol. The Hall–Kier alpha value is -3.91. The molecule has 0 radical (unpaired) electrons. The number of carbonyl (C=O) groups is 2. The van der Waals surface area contributed by atoms with Crippen LogP contribution in [-0.2, 0) is 16.0 Å². The number of benzene rings is 3. The predicted octanol–water partition coefficient (Wildman–Crippen LogP) is 6.29. The molecule has 4 aromatic rings. The fraction of sp³-hybridized carbons (Fsp3) is 0.371. The van der Waals surface area contributed by atoms with Crippen LogP contribution in [0.15, 0.2) is 90.1 Å². The van der Waals surface area contributed by atoms with Crippen LogP contribution in [0.3, 0.4) is 0 Å². The maximum atomic E-state index is 13.4. The number of carbonyl (C=O) groups excluding carboxylic acids is 2. The van der Waals surface area contributed by atoms with Crippen LogP contribution in [0.5, 0.6) is 0 Å². The van der Waals surface area contributed by atoms with E-state index in [1.165, 1.54) is 11.1 Å². The fourth-order valence-electron chi connectivity index (χ4n) is 5.81. The number of hydrogen-bond acceptors (Lipinski definition) is 5. The highest BCUT2D eigenvalue weighted by atomic mass is 32.2. The zero-order valence-corrected chi connectivity index (χ0v) is 26.2. The third-order valence-electron chi connectivity index (χ3n) is 8.10. The summed E-state index contributed by atoms with van der Waals surface area (Å²) in [5, 5.41) is 9.94. The molecule has 2 unspecified atom stereocenters. The Morgan fingerprint density at radius 1 is 0.953 bits per heavy atom. The van der Waals surface area contributed by atoms with Gasteiger partial charge in [0.05, 0.1) is 5.92 Å². The molecule has 1 saturated heterocycles. The van der Waals surface area contributed by atoms with Crippen molar-refractivity contribution in [3.8, 4) is 5.69 Å². The molecule has 0 saturated carbocycles. The monoisotopic (exact) mass is 595 g/mol. The number of rotatable bonds is 11. The third-order valence-corrected chi connectivity index (χ3v) is 9.12. The molecule has 1 fully saturated rings. The van der Waals surface area contributed by atoms with E-state index in [0.717, 1.165) is 40.8 Å². The van der Waals surface area contributed by atoms with E-state index >= 15 is 0 Å². The van der Waals surface area contributed by atoms with Gasteiger partial charge in [-0.15, -0.1) is 10.2 Å². The quantitative estimate of drug-likeness (QED) is 0.151. The van der Waals surface area contributed by atoms with Crippen LogP contribution in [0, 0.1) is 6.92 Å².